The molecule has 0 spiro atoms. The van der Waals surface area contributed by atoms with Crippen LogP contribution in [0.1, 0.15) is 12.5 Å². The zero-order chi connectivity index (χ0) is 18.1. The van der Waals surface area contributed by atoms with Crippen molar-refractivity contribution in [1.82, 2.24) is 5.43 Å². The van der Waals surface area contributed by atoms with Gasteiger partial charge in [-0.15, -0.1) is 0 Å². The first-order valence-corrected chi connectivity index (χ1v) is 7.78. The van der Waals surface area contributed by atoms with Gasteiger partial charge < -0.3 is 19.9 Å². The molecule has 132 valence electrons. The van der Waals surface area contributed by atoms with Crippen LogP contribution in [0, 0.1) is 0 Å². The normalized spacial score (nSPS) is 10.5. The number of benzene rings is 2. The van der Waals surface area contributed by atoms with Crippen LogP contribution in [0.25, 0.3) is 0 Å². The number of amides is 1. The van der Waals surface area contributed by atoms with Gasteiger partial charge in [-0.3, -0.25) is 4.79 Å². The first-order chi connectivity index (χ1) is 12.1. The molecule has 2 aromatic carbocycles. The highest BCUT2D eigenvalue weighted by molar-refractivity contribution is 5.84. The number of hydrogen-bond donors (Lipinski definition) is 3. The molecule has 0 bridgehead atoms. The number of phenolic OH excluding ortho intramolecular Hbond substituents is 1. The summed E-state index contributed by atoms with van der Waals surface area (Å²) in [5.41, 5.74) is 3.93. The molecular formula is C18H21N3O4. The van der Waals surface area contributed by atoms with E-state index in [1.165, 1.54) is 12.3 Å². The van der Waals surface area contributed by atoms with Gasteiger partial charge in [0.2, 0.25) is 0 Å². The van der Waals surface area contributed by atoms with Crippen LogP contribution in [0.3, 0.4) is 0 Å². The van der Waals surface area contributed by atoms with Crippen molar-refractivity contribution in [2.45, 2.75) is 6.92 Å². The number of carbonyl (C=O) groups is 1. The molecular weight excluding hydrogens is 322 g/mol. The Labute approximate surface area is 146 Å². The van der Waals surface area contributed by atoms with Gasteiger partial charge in [0.15, 0.2) is 11.5 Å². The standard InChI is InChI=1S/C18H21N3O4/c1-3-25-17-10-13(4-9-16(17)22)11-20-21-18(23)12-19-14-5-7-15(24-2)8-6-14/h4-11,19,22H,3,12H2,1-2H3,(H,21,23). The van der Waals surface area contributed by atoms with Gasteiger partial charge in [0, 0.05) is 5.69 Å². The Morgan fingerprint density at radius 3 is 2.68 bits per heavy atom. The Morgan fingerprint density at radius 2 is 2.00 bits per heavy atom. The van der Waals surface area contributed by atoms with Gasteiger partial charge in [-0.2, -0.15) is 5.10 Å². The molecule has 0 saturated carbocycles. The lowest BCUT2D eigenvalue weighted by atomic mass is 10.2. The van der Waals surface area contributed by atoms with Crippen LogP contribution in [-0.4, -0.2) is 37.5 Å². The molecule has 0 aliphatic carbocycles. The minimum atomic E-state index is -0.282. The summed E-state index contributed by atoms with van der Waals surface area (Å²) in [6, 6.07) is 12.1. The molecule has 2 aromatic rings. The van der Waals surface area contributed by atoms with Crippen LogP contribution in [0.2, 0.25) is 0 Å². The number of nitrogens with zero attached hydrogens (tertiary/aromatic N) is 1. The molecule has 3 N–H and O–H groups in total. The van der Waals surface area contributed by atoms with Crippen molar-refractivity contribution >= 4 is 17.8 Å². The van der Waals surface area contributed by atoms with Crippen molar-refractivity contribution in [3.63, 3.8) is 0 Å². The number of aromatic hydroxyl groups is 1. The minimum absolute atomic E-state index is 0.0618. The number of carbonyl (C=O) groups excluding carboxylic acids is 1. The highest BCUT2D eigenvalue weighted by Gasteiger charge is 2.03. The van der Waals surface area contributed by atoms with Crippen LogP contribution in [0.5, 0.6) is 17.2 Å². The Hall–Kier alpha value is -3.22. The molecule has 0 unspecified atom stereocenters. The van der Waals surface area contributed by atoms with Crippen LogP contribution in [0.4, 0.5) is 5.69 Å². The molecule has 1 amide bonds. The first-order valence-electron chi connectivity index (χ1n) is 7.78. The van der Waals surface area contributed by atoms with E-state index in [1.807, 2.05) is 19.1 Å². The molecule has 0 aliphatic heterocycles. The van der Waals surface area contributed by atoms with Gasteiger partial charge in [-0.25, -0.2) is 5.43 Å². The van der Waals surface area contributed by atoms with E-state index in [9.17, 15) is 9.90 Å². The summed E-state index contributed by atoms with van der Waals surface area (Å²) in [6.45, 7) is 2.36. The monoisotopic (exact) mass is 343 g/mol. The lowest BCUT2D eigenvalue weighted by Gasteiger charge is -2.07. The number of hydrogen-bond acceptors (Lipinski definition) is 6. The van der Waals surface area contributed by atoms with Crippen molar-refractivity contribution in [2.24, 2.45) is 5.10 Å². The fourth-order valence-electron chi connectivity index (χ4n) is 1.99. The quantitative estimate of drug-likeness (QED) is 0.505. The summed E-state index contributed by atoms with van der Waals surface area (Å²) < 4.78 is 10.4. The van der Waals surface area contributed by atoms with E-state index in [-0.39, 0.29) is 18.2 Å². The number of anilines is 1. The zero-order valence-electron chi connectivity index (χ0n) is 14.2. The second kappa shape index (κ2) is 9.17. The number of hydrazone groups is 1. The number of rotatable bonds is 8. The summed E-state index contributed by atoms with van der Waals surface area (Å²) in [5, 5.41) is 16.5. The molecule has 0 fully saturated rings. The molecule has 7 heteroatoms. The highest BCUT2D eigenvalue weighted by atomic mass is 16.5. The lowest BCUT2D eigenvalue weighted by molar-refractivity contribution is -0.119. The largest absolute Gasteiger partial charge is 0.504 e. The van der Waals surface area contributed by atoms with Crippen molar-refractivity contribution in [3.8, 4) is 17.2 Å². The van der Waals surface area contributed by atoms with Gasteiger partial charge in [0.25, 0.3) is 5.91 Å². The fraction of sp³-hybridized carbons (Fsp3) is 0.222. The summed E-state index contributed by atoms with van der Waals surface area (Å²) in [6.07, 6.45) is 1.48. The van der Waals surface area contributed by atoms with Crippen LogP contribution >= 0.6 is 0 Å². The van der Waals surface area contributed by atoms with E-state index in [2.05, 4.69) is 15.8 Å². The SMILES string of the molecule is CCOc1cc(C=NNC(=O)CNc2ccc(OC)cc2)ccc1O. The van der Waals surface area contributed by atoms with E-state index in [0.717, 1.165) is 11.4 Å². The van der Waals surface area contributed by atoms with Gasteiger partial charge >= 0.3 is 0 Å². The van der Waals surface area contributed by atoms with Crippen LogP contribution in [0.15, 0.2) is 47.6 Å². The predicted octanol–water partition coefficient (Wildman–Crippen LogP) is 2.36. The van der Waals surface area contributed by atoms with E-state index < -0.39 is 0 Å². The molecule has 7 nitrogen and oxygen atoms in total. The number of phenols is 1. The number of methoxy groups -OCH3 is 1. The van der Waals surface area contributed by atoms with Crippen molar-refractivity contribution in [2.75, 3.05) is 25.6 Å². The average molecular weight is 343 g/mol. The second-order valence-corrected chi connectivity index (χ2v) is 5.04. The predicted molar refractivity (Wildman–Crippen MR) is 96.5 cm³/mol. The Bertz CT molecular complexity index is 730. The third-order valence-corrected chi connectivity index (χ3v) is 3.23. The van der Waals surface area contributed by atoms with Gasteiger partial charge in [0.1, 0.15) is 5.75 Å². The maximum absolute atomic E-state index is 11.8. The minimum Gasteiger partial charge on any atom is -0.504 e. The highest BCUT2D eigenvalue weighted by Crippen LogP contribution is 2.26. The molecule has 0 atom stereocenters. The van der Waals surface area contributed by atoms with Crippen molar-refractivity contribution in [1.29, 1.82) is 0 Å². The Balaban J connectivity index is 1.82. The van der Waals surface area contributed by atoms with Crippen molar-refractivity contribution in [3.05, 3.63) is 48.0 Å². The number of ether oxygens (including phenoxy) is 2. The maximum atomic E-state index is 11.8. The maximum Gasteiger partial charge on any atom is 0.259 e. The molecule has 2 rings (SSSR count). The van der Waals surface area contributed by atoms with Gasteiger partial charge in [0.05, 0.1) is 26.5 Å². The summed E-state index contributed by atoms with van der Waals surface area (Å²) in [5.74, 6) is 0.904. The second-order valence-electron chi connectivity index (χ2n) is 5.04. The van der Waals surface area contributed by atoms with E-state index in [4.69, 9.17) is 9.47 Å². The molecule has 25 heavy (non-hydrogen) atoms. The average Bonchev–Trinajstić information content (AvgIpc) is 2.63. The van der Waals surface area contributed by atoms with Crippen molar-refractivity contribution < 1.29 is 19.4 Å². The smallest absolute Gasteiger partial charge is 0.259 e. The lowest BCUT2D eigenvalue weighted by Crippen LogP contribution is -2.25. The van der Waals surface area contributed by atoms with Gasteiger partial charge in [-0.05, 0) is 55.0 Å². The molecule has 0 saturated heterocycles. The Kier molecular flexibility index (Phi) is 6.65. The number of nitrogens with one attached hydrogen (secondary N) is 2. The topological polar surface area (TPSA) is 92.2 Å². The van der Waals surface area contributed by atoms with Crippen LogP contribution in [-0.2, 0) is 4.79 Å². The molecule has 0 heterocycles. The van der Waals surface area contributed by atoms with E-state index >= 15 is 0 Å². The molecule has 0 radical (unpaired) electrons. The Morgan fingerprint density at radius 1 is 1.24 bits per heavy atom. The van der Waals surface area contributed by atoms with Gasteiger partial charge in [-0.1, -0.05) is 0 Å². The molecule has 0 aromatic heterocycles. The van der Waals surface area contributed by atoms with Crippen LogP contribution < -0.4 is 20.2 Å². The summed E-state index contributed by atoms with van der Waals surface area (Å²) in [7, 11) is 1.60. The fourth-order valence-corrected chi connectivity index (χ4v) is 1.99. The molecule has 0 aliphatic rings. The third-order valence-electron chi connectivity index (χ3n) is 3.23. The summed E-state index contributed by atoms with van der Waals surface area (Å²) in [4.78, 5) is 11.8. The third kappa shape index (κ3) is 5.72. The van der Waals surface area contributed by atoms with E-state index in [1.54, 1.807) is 31.4 Å². The zero-order valence-corrected chi connectivity index (χ0v) is 14.2. The first kappa shape index (κ1) is 18.1. The summed E-state index contributed by atoms with van der Waals surface area (Å²) >= 11 is 0. The van der Waals surface area contributed by atoms with E-state index in [0.29, 0.717) is 17.9 Å².